The molecule has 1 amide bonds. The van der Waals surface area contributed by atoms with E-state index in [0.29, 0.717) is 35.2 Å². The Bertz CT molecular complexity index is 2020. The highest BCUT2D eigenvalue weighted by molar-refractivity contribution is 5.98. The SMILES string of the molecule is Cc1ccc(C(=O)NCCc2ccccc2)cc1-c1nc(NC2CC(C)(C)NC(C)(C)C2)nc2c1ccc(=O)n2-c1c(F)cccc1F. The predicted octanol–water partition coefficient (Wildman–Crippen LogP) is 6.73. The number of carbonyl (C=O) groups excluding carboxylic acids is 1. The summed E-state index contributed by atoms with van der Waals surface area (Å²) in [6, 6.07) is 21.5. The number of pyridine rings is 1. The molecule has 2 aromatic heterocycles. The molecular formula is C38H40F2N6O2. The second-order valence-electron chi connectivity index (χ2n) is 13.9. The van der Waals surface area contributed by atoms with Crippen LogP contribution in [0.3, 0.4) is 0 Å². The Labute approximate surface area is 278 Å². The van der Waals surface area contributed by atoms with Crippen molar-refractivity contribution in [3.8, 4) is 16.9 Å². The van der Waals surface area contributed by atoms with Gasteiger partial charge in [0.1, 0.15) is 17.3 Å². The van der Waals surface area contributed by atoms with Gasteiger partial charge < -0.3 is 16.0 Å². The molecule has 3 aromatic carbocycles. The summed E-state index contributed by atoms with van der Waals surface area (Å²) < 4.78 is 31.4. The number of carbonyl (C=O) groups is 1. The number of hydrogen-bond acceptors (Lipinski definition) is 6. The molecule has 0 aliphatic carbocycles. The van der Waals surface area contributed by atoms with Crippen LogP contribution in [0, 0.1) is 18.6 Å². The van der Waals surface area contributed by atoms with Crippen molar-refractivity contribution in [3.63, 3.8) is 0 Å². The molecule has 5 aromatic rings. The van der Waals surface area contributed by atoms with Crippen LogP contribution in [0.25, 0.3) is 28.0 Å². The minimum absolute atomic E-state index is 0.0431. The Morgan fingerprint density at radius 2 is 1.60 bits per heavy atom. The van der Waals surface area contributed by atoms with Crippen LogP contribution in [-0.4, -0.2) is 44.1 Å². The molecule has 1 aliphatic rings. The van der Waals surface area contributed by atoms with Crippen molar-refractivity contribution in [3.05, 3.63) is 118 Å². The van der Waals surface area contributed by atoms with Gasteiger partial charge in [-0.15, -0.1) is 0 Å². The fraction of sp³-hybridized carbons (Fsp3) is 0.316. The molecule has 0 unspecified atom stereocenters. The van der Waals surface area contributed by atoms with E-state index in [1.165, 1.54) is 12.1 Å². The number of nitrogens with zero attached hydrogens (tertiary/aromatic N) is 3. The Morgan fingerprint density at radius 1 is 0.917 bits per heavy atom. The molecule has 0 radical (unpaired) electrons. The molecule has 0 atom stereocenters. The van der Waals surface area contributed by atoms with Gasteiger partial charge >= 0.3 is 0 Å². The second-order valence-corrected chi connectivity index (χ2v) is 13.9. The Morgan fingerprint density at radius 3 is 2.29 bits per heavy atom. The number of rotatable bonds is 8. The zero-order valence-corrected chi connectivity index (χ0v) is 27.8. The molecule has 3 heterocycles. The third-order valence-electron chi connectivity index (χ3n) is 8.73. The smallest absolute Gasteiger partial charge is 0.256 e. The molecular weight excluding hydrogens is 610 g/mol. The lowest BCUT2D eigenvalue weighted by molar-refractivity contribution is 0.0954. The van der Waals surface area contributed by atoms with Crippen LogP contribution in [0.1, 0.15) is 62.0 Å². The molecule has 0 bridgehead atoms. The maximum absolute atomic E-state index is 15.2. The average molecular weight is 651 g/mol. The number of fused-ring (bicyclic) bond motifs is 1. The summed E-state index contributed by atoms with van der Waals surface area (Å²) in [4.78, 5) is 36.4. The van der Waals surface area contributed by atoms with Gasteiger partial charge in [0.15, 0.2) is 5.65 Å². The van der Waals surface area contributed by atoms with Crippen LogP contribution in [-0.2, 0) is 6.42 Å². The molecule has 8 nitrogen and oxygen atoms in total. The van der Waals surface area contributed by atoms with Gasteiger partial charge in [-0.05, 0) is 95.3 Å². The van der Waals surface area contributed by atoms with Gasteiger partial charge in [-0.2, -0.15) is 4.98 Å². The first-order valence-corrected chi connectivity index (χ1v) is 16.2. The number of halogens is 2. The lowest BCUT2D eigenvalue weighted by Gasteiger charge is -2.46. The van der Waals surface area contributed by atoms with Crippen LogP contribution in [0.15, 0.2) is 83.7 Å². The largest absolute Gasteiger partial charge is 0.352 e. The number of aromatic nitrogens is 3. The highest BCUT2D eigenvalue weighted by atomic mass is 19.1. The number of piperidine rings is 1. The monoisotopic (exact) mass is 650 g/mol. The number of nitrogens with one attached hydrogen (secondary N) is 3. The van der Waals surface area contributed by atoms with Gasteiger partial charge in [0, 0.05) is 46.2 Å². The third-order valence-corrected chi connectivity index (χ3v) is 8.73. The summed E-state index contributed by atoms with van der Waals surface area (Å²) in [7, 11) is 0. The maximum Gasteiger partial charge on any atom is 0.256 e. The van der Waals surface area contributed by atoms with Gasteiger partial charge in [-0.3, -0.25) is 14.2 Å². The number of benzene rings is 3. The predicted molar refractivity (Wildman–Crippen MR) is 186 cm³/mol. The van der Waals surface area contributed by atoms with E-state index in [4.69, 9.17) is 9.97 Å². The van der Waals surface area contributed by atoms with E-state index in [-0.39, 0.29) is 34.6 Å². The van der Waals surface area contributed by atoms with Crippen LogP contribution in [0.5, 0.6) is 0 Å². The average Bonchev–Trinajstić information content (AvgIpc) is 3.01. The van der Waals surface area contributed by atoms with E-state index in [2.05, 4.69) is 43.6 Å². The number of aryl methyl sites for hydroxylation is 1. The number of hydrogen-bond donors (Lipinski definition) is 3. The first-order valence-electron chi connectivity index (χ1n) is 16.2. The second kappa shape index (κ2) is 12.9. The summed E-state index contributed by atoms with van der Waals surface area (Å²) in [6.07, 6.45) is 2.20. The van der Waals surface area contributed by atoms with E-state index >= 15 is 8.78 Å². The van der Waals surface area contributed by atoms with Gasteiger partial charge in [0.05, 0.1) is 5.69 Å². The summed E-state index contributed by atoms with van der Waals surface area (Å²) in [6.45, 7) is 10.9. The van der Waals surface area contributed by atoms with Crippen LogP contribution >= 0.6 is 0 Å². The lowest BCUT2D eigenvalue weighted by Crippen LogP contribution is -2.60. The molecule has 1 aliphatic heterocycles. The Hall–Kier alpha value is -4.96. The quantitative estimate of drug-likeness (QED) is 0.172. The van der Waals surface area contributed by atoms with E-state index in [1.54, 1.807) is 18.2 Å². The summed E-state index contributed by atoms with van der Waals surface area (Å²) in [5.74, 6) is -1.82. The molecule has 3 N–H and O–H groups in total. The Kier molecular flexibility index (Phi) is 8.87. The highest BCUT2D eigenvalue weighted by Gasteiger charge is 2.38. The fourth-order valence-corrected chi connectivity index (χ4v) is 7.00. The molecule has 1 fully saturated rings. The number of anilines is 1. The van der Waals surface area contributed by atoms with Gasteiger partial charge in [-0.1, -0.05) is 42.5 Å². The zero-order valence-electron chi connectivity index (χ0n) is 27.8. The summed E-state index contributed by atoms with van der Waals surface area (Å²) in [5, 5.41) is 10.5. The van der Waals surface area contributed by atoms with Crippen LogP contribution < -0.4 is 21.5 Å². The number of para-hydroxylation sites is 1. The molecule has 248 valence electrons. The molecule has 1 saturated heterocycles. The minimum Gasteiger partial charge on any atom is -0.352 e. The first-order chi connectivity index (χ1) is 22.8. The highest BCUT2D eigenvalue weighted by Crippen LogP contribution is 2.34. The molecule has 6 rings (SSSR count). The standard InChI is InChI=1S/C38H40F2N6O2/c1-23-14-15-25(35(48)41-19-18-24-10-7-6-8-11-24)20-28(23)32-27-16-17-31(47)46(33-29(39)12-9-13-30(33)40)34(27)44-36(43-32)42-26-21-37(2,3)45-38(4,5)22-26/h6-17,20,26,45H,18-19,21-22H2,1-5H3,(H,41,48)(H,42,43,44). The minimum atomic E-state index is -0.897. The molecule has 0 saturated carbocycles. The van der Waals surface area contributed by atoms with Crippen molar-refractivity contribution < 1.29 is 13.6 Å². The maximum atomic E-state index is 15.2. The van der Waals surface area contributed by atoms with Crippen molar-refractivity contribution >= 4 is 22.9 Å². The van der Waals surface area contributed by atoms with Crippen molar-refractivity contribution in [1.82, 2.24) is 25.2 Å². The topological polar surface area (TPSA) is 101 Å². The zero-order chi connectivity index (χ0) is 34.2. The lowest BCUT2D eigenvalue weighted by atomic mass is 9.80. The van der Waals surface area contributed by atoms with E-state index in [1.807, 2.05) is 43.3 Å². The third kappa shape index (κ3) is 6.99. The van der Waals surface area contributed by atoms with E-state index in [9.17, 15) is 9.59 Å². The van der Waals surface area contributed by atoms with Gasteiger partial charge in [0.2, 0.25) is 5.95 Å². The fourth-order valence-electron chi connectivity index (χ4n) is 7.00. The summed E-state index contributed by atoms with van der Waals surface area (Å²) >= 11 is 0. The van der Waals surface area contributed by atoms with Crippen molar-refractivity contribution in [2.75, 3.05) is 11.9 Å². The molecule has 0 spiro atoms. The van der Waals surface area contributed by atoms with E-state index < -0.39 is 22.9 Å². The van der Waals surface area contributed by atoms with Crippen molar-refractivity contribution in [2.24, 2.45) is 0 Å². The van der Waals surface area contributed by atoms with Crippen molar-refractivity contribution in [2.45, 2.75) is 71.0 Å². The molecule has 10 heteroatoms. The first kappa shape index (κ1) is 33.0. The van der Waals surface area contributed by atoms with E-state index in [0.717, 1.165) is 40.7 Å². The summed E-state index contributed by atoms with van der Waals surface area (Å²) in [5.41, 5.74) is 1.94. The van der Waals surface area contributed by atoms with Crippen molar-refractivity contribution in [1.29, 1.82) is 0 Å². The van der Waals surface area contributed by atoms with Crippen LogP contribution in [0.4, 0.5) is 14.7 Å². The van der Waals surface area contributed by atoms with Gasteiger partial charge in [-0.25, -0.2) is 13.8 Å². The Balaban J connectivity index is 1.47. The number of amides is 1. The van der Waals surface area contributed by atoms with Gasteiger partial charge in [0.25, 0.3) is 11.5 Å². The normalized spacial score (nSPS) is 15.7. The van der Waals surface area contributed by atoms with Crippen LogP contribution in [0.2, 0.25) is 0 Å². The molecule has 48 heavy (non-hydrogen) atoms.